The van der Waals surface area contributed by atoms with Crippen LogP contribution in [-0.2, 0) is 12.8 Å². The second-order valence-electron chi connectivity index (χ2n) is 6.56. The molecule has 1 atom stereocenters. The van der Waals surface area contributed by atoms with Gasteiger partial charge < -0.3 is 4.90 Å². The van der Waals surface area contributed by atoms with Gasteiger partial charge in [-0.15, -0.1) is 11.3 Å². The molecule has 1 N–H and O–H groups in total. The topological polar surface area (TPSA) is 61.9 Å². The van der Waals surface area contributed by atoms with Crippen LogP contribution in [0.2, 0.25) is 0 Å². The van der Waals surface area contributed by atoms with Crippen LogP contribution in [-0.4, -0.2) is 32.5 Å². The number of carbonyl (C=O) groups excluding carboxylic acids is 1. The normalized spacial score (nSPS) is 21.3. The predicted molar refractivity (Wildman–Crippen MR) is 89.7 cm³/mol. The maximum absolute atomic E-state index is 13.0. The molecule has 2 aromatic heterocycles. The molecule has 3 heterocycles. The monoisotopic (exact) mass is 330 g/mol. The van der Waals surface area contributed by atoms with Gasteiger partial charge in [-0.05, 0) is 57.1 Å². The molecule has 1 aliphatic heterocycles. The zero-order valence-electron chi connectivity index (χ0n) is 13.5. The first-order valence-corrected chi connectivity index (χ1v) is 9.35. The summed E-state index contributed by atoms with van der Waals surface area (Å²) >= 11 is 1.71. The van der Waals surface area contributed by atoms with Crippen LogP contribution in [0, 0.1) is 6.92 Å². The van der Waals surface area contributed by atoms with Gasteiger partial charge in [-0.25, -0.2) is 4.98 Å². The van der Waals surface area contributed by atoms with Crippen molar-refractivity contribution in [2.24, 2.45) is 0 Å². The molecule has 6 heteroatoms. The molecule has 0 saturated carbocycles. The maximum Gasteiger partial charge on any atom is 0.264 e. The lowest BCUT2D eigenvalue weighted by atomic mass is 10.1. The second kappa shape index (κ2) is 6.07. The van der Waals surface area contributed by atoms with Crippen LogP contribution in [0.1, 0.15) is 69.9 Å². The molecule has 23 heavy (non-hydrogen) atoms. The smallest absolute Gasteiger partial charge is 0.264 e. The number of thiophene rings is 1. The lowest BCUT2D eigenvalue weighted by Gasteiger charge is -2.21. The lowest BCUT2D eigenvalue weighted by molar-refractivity contribution is 0.0735. The first kappa shape index (κ1) is 14.9. The SMILES string of the molecule is Cc1nc([C@H]2CCCN2C(=O)c2cc3c(s2)CCCCC3)n[nH]1. The number of hydrogen-bond acceptors (Lipinski definition) is 4. The summed E-state index contributed by atoms with van der Waals surface area (Å²) in [5.74, 6) is 1.72. The van der Waals surface area contributed by atoms with Crippen molar-refractivity contribution in [1.82, 2.24) is 20.1 Å². The largest absolute Gasteiger partial charge is 0.328 e. The zero-order valence-corrected chi connectivity index (χ0v) is 14.3. The van der Waals surface area contributed by atoms with Crippen LogP contribution in [0.3, 0.4) is 0 Å². The Bertz CT molecular complexity index is 697. The Morgan fingerprint density at radius 2 is 2.17 bits per heavy atom. The Hall–Kier alpha value is -1.69. The van der Waals surface area contributed by atoms with Gasteiger partial charge in [-0.2, -0.15) is 5.10 Å². The molecular formula is C17H22N4OS. The summed E-state index contributed by atoms with van der Waals surface area (Å²) in [7, 11) is 0. The number of aromatic amines is 1. The molecular weight excluding hydrogens is 308 g/mol. The molecule has 1 saturated heterocycles. The van der Waals surface area contributed by atoms with Gasteiger partial charge in [0.25, 0.3) is 5.91 Å². The van der Waals surface area contributed by atoms with E-state index in [-0.39, 0.29) is 11.9 Å². The summed E-state index contributed by atoms with van der Waals surface area (Å²) in [6.45, 7) is 2.70. The highest BCUT2D eigenvalue weighted by atomic mass is 32.1. The minimum atomic E-state index is 0.0226. The van der Waals surface area contributed by atoms with Crippen molar-refractivity contribution in [2.75, 3.05) is 6.54 Å². The van der Waals surface area contributed by atoms with Gasteiger partial charge in [0, 0.05) is 11.4 Å². The Morgan fingerprint density at radius 1 is 1.30 bits per heavy atom. The second-order valence-corrected chi connectivity index (χ2v) is 7.69. The molecule has 0 unspecified atom stereocenters. The maximum atomic E-state index is 13.0. The molecule has 0 spiro atoms. The third-order valence-electron chi connectivity index (χ3n) is 4.88. The molecule has 1 amide bonds. The summed E-state index contributed by atoms with van der Waals surface area (Å²) in [4.78, 5) is 21.7. The van der Waals surface area contributed by atoms with E-state index >= 15 is 0 Å². The van der Waals surface area contributed by atoms with E-state index in [1.807, 2.05) is 11.8 Å². The van der Waals surface area contributed by atoms with E-state index < -0.39 is 0 Å². The number of aryl methyl sites for hydroxylation is 3. The number of nitrogens with one attached hydrogen (secondary N) is 1. The van der Waals surface area contributed by atoms with E-state index in [1.54, 1.807) is 11.3 Å². The number of nitrogens with zero attached hydrogens (tertiary/aromatic N) is 3. The van der Waals surface area contributed by atoms with E-state index in [0.717, 1.165) is 48.8 Å². The first-order chi connectivity index (χ1) is 11.2. The van der Waals surface area contributed by atoms with Crippen molar-refractivity contribution < 1.29 is 4.79 Å². The van der Waals surface area contributed by atoms with Crippen LogP contribution >= 0.6 is 11.3 Å². The number of H-pyrrole nitrogens is 1. The third kappa shape index (κ3) is 2.80. The fourth-order valence-corrected chi connectivity index (χ4v) is 4.91. The highest BCUT2D eigenvalue weighted by Crippen LogP contribution is 2.35. The average molecular weight is 330 g/mol. The number of carbonyl (C=O) groups is 1. The zero-order chi connectivity index (χ0) is 15.8. The summed E-state index contributed by atoms with van der Waals surface area (Å²) < 4.78 is 0. The molecule has 1 aliphatic carbocycles. The molecule has 5 nitrogen and oxygen atoms in total. The minimum absolute atomic E-state index is 0.0226. The van der Waals surface area contributed by atoms with Crippen molar-refractivity contribution in [3.63, 3.8) is 0 Å². The summed E-state index contributed by atoms with van der Waals surface area (Å²) in [6, 6.07) is 2.17. The van der Waals surface area contributed by atoms with E-state index in [4.69, 9.17) is 0 Å². The summed E-state index contributed by atoms with van der Waals surface area (Å²) in [6.07, 6.45) is 8.05. The van der Waals surface area contributed by atoms with Crippen molar-refractivity contribution in [3.05, 3.63) is 33.0 Å². The van der Waals surface area contributed by atoms with E-state index in [1.165, 1.54) is 29.7 Å². The van der Waals surface area contributed by atoms with Crippen LogP contribution in [0.4, 0.5) is 0 Å². The minimum Gasteiger partial charge on any atom is -0.328 e. The van der Waals surface area contributed by atoms with Gasteiger partial charge in [0.1, 0.15) is 5.82 Å². The highest BCUT2D eigenvalue weighted by molar-refractivity contribution is 7.14. The highest BCUT2D eigenvalue weighted by Gasteiger charge is 2.34. The van der Waals surface area contributed by atoms with Crippen molar-refractivity contribution in [3.8, 4) is 0 Å². The lowest BCUT2D eigenvalue weighted by Crippen LogP contribution is -2.30. The fourth-order valence-electron chi connectivity index (χ4n) is 3.70. The van der Waals surface area contributed by atoms with Crippen LogP contribution < -0.4 is 0 Å². The van der Waals surface area contributed by atoms with E-state index in [9.17, 15) is 4.79 Å². The number of rotatable bonds is 2. The Kier molecular flexibility index (Phi) is 3.93. The molecule has 0 aromatic carbocycles. The molecule has 4 rings (SSSR count). The molecule has 0 radical (unpaired) electrons. The van der Waals surface area contributed by atoms with Gasteiger partial charge in [0.05, 0.1) is 10.9 Å². The Labute approximate surface area is 140 Å². The van der Waals surface area contributed by atoms with E-state index in [2.05, 4.69) is 21.2 Å². The first-order valence-electron chi connectivity index (χ1n) is 8.54. The molecule has 1 fully saturated rings. The van der Waals surface area contributed by atoms with Crippen LogP contribution in [0.25, 0.3) is 0 Å². The van der Waals surface area contributed by atoms with Crippen molar-refractivity contribution in [1.29, 1.82) is 0 Å². The van der Waals surface area contributed by atoms with Gasteiger partial charge in [0.2, 0.25) is 0 Å². The standard InChI is InChI=1S/C17H22N4OS/c1-11-18-16(20-19-11)13-7-5-9-21(13)17(22)15-10-12-6-3-2-4-8-14(12)23-15/h10,13H,2-9H2,1H3,(H,18,19,20)/t13-/m1/s1. The molecule has 2 aliphatic rings. The van der Waals surface area contributed by atoms with Crippen LogP contribution in [0.15, 0.2) is 6.07 Å². The average Bonchev–Trinajstić information content (AvgIpc) is 3.24. The molecule has 122 valence electrons. The van der Waals surface area contributed by atoms with Crippen LogP contribution in [0.5, 0.6) is 0 Å². The number of likely N-dealkylation sites (tertiary alicyclic amines) is 1. The van der Waals surface area contributed by atoms with Crippen molar-refractivity contribution in [2.45, 2.75) is 57.9 Å². The number of hydrogen-bond donors (Lipinski definition) is 1. The van der Waals surface area contributed by atoms with Crippen molar-refractivity contribution >= 4 is 17.2 Å². The van der Waals surface area contributed by atoms with Gasteiger partial charge in [-0.1, -0.05) is 6.42 Å². The number of aromatic nitrogens is 3. The summed E-state index contributed by atoms with van der Waals surface area (Å²) in [5.41, 5.74) is 1.40. The third-order valence-corrected chi connectivity index (χ3v) is 6.11. The van der Waals surface area contributed by atoms with E-state index in [0.29, 0.717) is 0 Å². The molecule has 2 aromatic rings. The number of amides is 1. The predicted octanol–water partition coefficient (Wildman–Crippen LogP) is 3.42. The quantitative estimate of drug-likeness (QED) is 0.858. The summed E-state index contributed by atoms with van der Waals surface area (Å²) in [5, 5.41) is 7.17. The van der Waals surface area contributed by atoms with Gasteiger partial charge >= 0.3 is 0 Å². The Balaban J connectivity index is 1.58. The number of fused-ring (bicyclic) bond motifs is 1. The molecule has 0 bridgehead atoms. The fraction of sp³-hybridized carbons (Fsp3) is 0.588. The van der Waals surface area contributed by atoms with Gasteiger partial charge in [-0.3, -0.25) is 9.89 Å². The Morgan fingerprint density at radius 3 is 3.00 bits per heavy atom. The van der Waals surface area contributed by atoms with Gasteiger partial charge in [0.15, 0.2) is 5.82 Å².